The Balaban J connectivity index is 2.08. The number of nitrogens with zero attached hydrogens (tertiary/aromatic N) is 3. The van der Waals surface area contributed by atoms with Crippen LogP contribution in [-0.2, 0) is 11.6 Å². The van der Waals surface area contributed by atoms with Crippen molar-refractivity contribution in [3.05, 3.63) is 18.1 Å². The zero-order valence-corrected chi connectivity index (χ0v) is 9.86. The third kappa shape index (κ3) is 1.48. The summed E-state index contributed by atoms with van der Waals surface area (Å²) in [5.41, 5.74) is 3.41. The number of H-pyrrole nitrogens is 1. The van der Waals surface area contributed by atoms with Crippen LogP contribution in [0.5, 0.6) is 0 Å². The van der Waals surface area contributed by atoms with Gasteiger partial charge in [0.1, 0.15) is 5.69 Å². The van der Waals surface area contributed by atoms with E-state index in [1.165, 1.54) is 10.6 Å². The smallest absolute Gasteiger partial charge is 0.109 e. The van der Waals surface area contributed by atoms with Gasteiger partial charge >= 0.3 is 0 Å². The maximum atomic E-state index is 4.57. The molecule has 0 spiro atoms. The molecule has 3 heterocycles. The molecule has 0 amide bonds. The van der Waals surface area contributed by atoms with E-state index in [9.17, 15) is 0 Å². The Kier molecular flexibility index (Phi) is 2.25. The van der Waals surface area contributed by atoms with E-state index < -0.39 is 0 Å². The SMILES string of the molecule is CSCn1cc2c(n1)-c1cn[nH]c1CS2. The number of thioether (sulfide) groups is 2. The number of hydrogen-bond donors (Lipinski definition) is 1. The average Bonchev–Trinajstić information content (AvgIpc) is 2.80. The molecule has 3 rings (SSSR count). The Labute approximate surface area is 95.8 Å². The van der Waals surface area contributed by atoms with Crippen LogP contribution in [0.2, 0.25) is 0 Å². The van der Waals surface area contributed by atoms with Gasteiger partial charge in [0.05, 0.1) is 22.7 Å². The summed E-state index contributed by atoms with van der Waals surface area (Å²) in [4.78, 5) is 1.26. The maximum Gasteiger partial charge on any atom is 0.109 e. The molecule has 2 aromatic heterocycles. The molecule has 0 saturated heterocycles. The number of fused-ring (bicyclic) bond motifs is 3. The Morgan fingerprint density at radius 1 is 1.67 bits per heavy atom. The molecule has 4 nitrogen and oxygen atoms in total. The highest BCUT2D eigenvalue weighted by Gasteiger charge is 2.21. The van der Waals surface area contributed by atoms with Crippen LogP contribution in [0, 0.1) is 0 Å². The summed E-state index contributed by atoms with van der Waals surface area (Å²) in [6.45, 7) is 0. The van der Waals surface area contributed by atoms with E-state index in [1.54, 1.807) is 11.8 Å². The van der Waals surface area contributed by atoms with Gasteiger partial charge in [-0.2, -0.15) is 10.2 Å². The summed E-state index contributed by atoms with van der Waals surface area (Å²) in [5.74, 6) is 1.87. The van der Waals surface area contributed by atoms with Crippen molar-refractivity contribution in [1.82, 2.24) is 20.0 Å². The number of nitrogens with one attached hydrogen (secondary N) is 1. The zero-order chi connectivity index (χ0) is 10.3. The molecule has 0 atom stereocenters. The fourth-order valence-corrected chi connectivity index (χ4v) is 3.07. The first kappa shape index (κ1) is 9.35. The second-order valence-corrected chi connectivity index (χ2v) is 5.20. The van der Waals surface area contributed by atoms with Crippen LogP contribution < -0.4 is 0 Å². The lowest BCUT2D eigenvalue weighted by Crippen LogP contribution is -1.95. The minimum atomic E-state index is 0.904. The molecule has 0 bridgehead atoms. The van der Waals surface area contributed by atoms with Crippen LogP contribution >= 0.6 is 23.5 Å². The van der Waals surface area contributed by atoms with E-state index in [-0.39, 0.29) is 0 Å². The van der Waals surface area contributed by atoms with E-state index in [0.29, 0.717) is 0 Å². The van der Waals surface area contributed by atoms with Crippen LogP contribution in [0.4, 0.5) is 0 Å². The lowest BCUT2D eigenvalue weighted by molar-refractivity contribution is 0.753. The third-order valence-electron chi connectivity index (χ3n) is 2.33. The summed E-state index contributed by atoms with van der Waals surface area (Å²) in [5, 5.41) is 11.6. The van der Waals surface area contributed by atoms with Crippen LogP contribution in [0.25, 0.3) is 11.3 Å². The molecule has 78 valence electrons. The monoisotopic (exact) mass is 238 g/mol. The highest BCUT2D eigenvalue weighted by Crippen LogP contribution is 2.39. The molecule has 1 aliphatic rings. The second kappa shape index (κ2) is 3.61. The molecule has 0 fully saturated rings. The highest BCUT2D eigenvalue weighted by atomic mass is 32.2. The van der Waals surface area contributed by atoms with Gasteiger partial charge in [-0.1, -0.05) is 0 Å². The molecule has 1 N–H and O–H groups in total. The molecular weight excluding hydrogens is 228 g/mol. The van der Waals surface area contributed by atoms with E-state index in [1.807, 2.05) is 22.6 Å². The van der Waals surface area contributed by atoms with Gasteiger partial charge in [-0.25, -0.2) is 0 Å². The van der Waals surface area contributed by atoms with E-state index in [4.69, 9.17) is 0 Å². The summed E-state index contributed by atoms with van der Waals surface area (Å²) in [6, 6.07) is 0. The van der Waals surface area contributed by atoms with Crippen molar-refractivity contribution in [3.8, 4) is 11.3 Å². The largest absolute Gasteiger partial charge is 0.281 e. The Morgan fingerprint density at radius 3 is 3.47 bits per heavy atom. The average molecular weight is 238 g/mol. The van der Waals surface area contributed by atoms with Crippen molar-refractivity contribution in [2.75, 3.05) is 6.26 Å². The van der Waals surface area contributed by atoms with Crippen molar-refractivity contribution in [3.63, 3.8) is 0 Å². The zero-order valence-electron chi connectivity index (χ0n) is 8.23. The fraction of sp³-hybridized carbons (Fsp3) is 0.333. The number of hydrogen-bond acceptors (Lipinski definition) is 4. The summed E-state index contributed by atoms with van der Waals surface area (Å²) >= 11 is 3.59. The van der Waals surface area contributed by atoms with Crippen molar-refractivity contribution in [2.24, 2.45) is 0 Å². The molecule has 0 saturated carbocycles. The normalized spacial score (nSPS) is 13.7. The molecule has 0 radical (unpaired) electrons. The molecule has 15 heavy (non-hydrogen) atoms. The van der Waals surface area contributed by atoms with Crippen molar-refractivity contribution >= 4 is 23.5 Å². The van der Waals surface area contributed by atoms with Gasteiger partial charge < -0.3 is 0 Å². The molecule has 0 aliphatic carbocycles. The van der Waals surface area contributed by atoms with Crippen molar-refractivity contribution in [1.29, 1.82) is 0 Å². The van der Waals surface area contributed by atoms with E-state index in [0.717, 1.165) is 22.9 Å². The van der Waals surface area contributed by atoms with Gasteiger partial charge in [0.25, 0.3) is 0 Å². The lowest BCUT2D eigenvalue weighted by atomic mass is 10.2. The molecular formula is C9H10N4S2. The maximum absolute atomic E-state index is 4.57. The van der Waals surface area contributed by atoms with E-state index in [2.05, 4.69) is 27.7 Å². The Morgan fingerprint density at radius 2 is 2.60 bits per heavy atom. The van der Waals surface area contributed by atoms with Crippen molar-refractivity contribution < 1.29 is 0 Å². The minimum Gasteiger partial charge on any atom is -0.281 e. The topological polar surface area (TPSA) is 46.5 Å². The number of aromatic nitrogens is 4. The third-order valence-corrected chi connectivity index (χ3v) is 3.90. The Hall–Kier alpha value is -0.880. The van der Waals surface area contributed by atoms with Gasteiger partial charge in [-0.15, -0.1) is 23.5 Å². The fourth-order valence-electron chi connectivity index (χ4n) is 1.67. The first-order chi connectivity index (χ1) is 7.38. The first-order valence-electron chi connectivity index (χ1n) is 4.60. The van der Waals surface area contributed by atoms with Gasteiger partial charge in [0.15, 0.2) is 0 Å². The summed E-state index contributed by atoms with van der Waals surface area (Å²) in [6.07, 6.45) is 6.06. The molecule has 0 aromatic carbocycles. The molecule has 1 aliphatic heterocycles. The standard InChI is InChI=1S/C9H10N4S2/c1-14-5-13-3-8-9(12-13)6-2-10-11-7(6)4-15-8/h2-3H,4-5H2,1H3,(H,10,11). The van der Waals surface area contributed by atoms with Crippen LogP contribution in [0.3, 0.4) is 0 Å². The summed E-state index contributed by atoms with van der Waals surface area (Å²) < 4.78 is 1.99. The number of aromatic amines is 1. The highest BCUT2D eigenvalue weighted by molar-refractivity contribution is 7.98. The summed E-state index contributed by atoms with van der Waals surface area (Å²) in [7, 11) is 0. The predicted molar refractivity (Wildman–Crippen MR) is 62.9 cm³/mol. The molecule has 2 aromatic rings. The van der Waals surface area contributed by atoms with Crippen LogP contribution in [0.15, 0.2) is 17.3 Å². The van der Waals surface area contributed by atoms with E-state index >= 15 is 0 Å². The molecule has 6 heteroatoms. The molecule has 0 unspecified atom stereocenters. The first-order valence-corrected chi connectivity index (χ1v) is 6.98. The number of rotatable bonds is 2. The minimum absolute atomic E-state index is 0.904. The van der Waals surface area contributed by atoms with Gasteiger partial charge in [0, 0.05) is 17.5 Å². The van der Waals surface area contributed by atoms with Crippen molar-refractivity contribution in [2.45, 2.75) is 16.5 Å². The van der Waals surface area contributed by atoms with Gasteiger partial charge in [-0.3, -0.25) is 9.78 Å². The van der Waals surface area contributed by atoms with Crippen LogP contribution in [0.1, 0.15) is 5.69 Å². The van der Waals surface area contributed by atoms with Gasteiger partial charge in [-0.05, 0) is 6.26 Å². The quantitative estimate of drug-likeness (QED) is 0.871. The van der Waals surface area contributed by atoms with Gasteiger partial charge in [0.2, 0.25) is 0 Å². The second-order valence-electron chi connectivity index (χ2n) is 3.35. The Bertz CT molecular complexity index is 488. The lowest BCUT2D eigenvalue weighted by Gasteiger charge is -2.07. The predicted octanol–water partition coefficient (Wildman–Crippen LogP) is 2.20. The van der Waals surface area contributed by atoms with Crippen LogP contribution in [-0.4, -0.2) is 26.2 Å².